The van der Waals surface area contributed by atoms with Crippen LogP contribution in [-0.4, -0.2) is 47.7 Å². The molecule has 8 nitrogen and oxygen atoms in total. The van der Waals surface area contributed by atoms with E-state index in [1.54, 1.807) is 13.2 Å². The Hall–Kier alpha value is -3.26. The fourth-order valence-corrected chi connectivity index (χ4v) is 4.69. The van der Waals surface area contributed by atoms with Crippen LogP contribution in [0.3, 0.4) is 0 Å². The fraction of sp³-hybridized carbons (Fsp3) is 0.417. The summed E-state index contributed by atoms with van der Waals surface area (Å²) in [6.45, 7) is 8.42. The molecule has 5 rings (SSSR count). The number of imidazole rings is 1. The van der Waals surface area contributed by atoms with Crippen molar-refractivity contribution in [1.82, 2.24) is 14.5 Å². The lowest BCUT2D eigenvalue weighted by atomic mass is 10.1. The number of nitrogens with zero attached hydrogens (tertiary/aromatic N) is 3. The number of benzene rings is 2. The first-order chi connectivity index (χ1) is 15.5. The van der Waals surface area contributed by atoms with E-state index in [2.05, 4.69) is 34.7 Å². The van der Waals surface area contributed by atoms with Gasteiger partial charge in [0, 0.05) is 30.9 Å². The van der Waals surface area contributed by atoms with E-state index in [0.717, 1.165) is 54.3 Å². The number of aromatic nitrogens is 2. The monoisotopic (exact) mass is 436 g/mol. The van der Waals surface area contributed by atoms with Gasteiger partial charge in [-0.25, -0.2) is 9.78 Å². The molecule has 0 fully saturated rings. The lowest BCUT2D eigenvalue weighted by Crippen LogP contribution is -2.36. The molecule has 1 N–H and O–H groups in total. The van der Waals surface area contributed by atoms with Crippen LogP contribution in [0.25, 0.3) is 11.0 Å². The Morgan fingerprint density at radius 2 is 2.03 bits per heavy atom. The van der Waals surface area contributed by atoms with Gasteiger partial charge in [0.25, 0.3) is 0 Å². The van der Waals surface area contributed by atoms with E-state index in [1.165, 1.54) is 7.11 Å². The number of esters is 1. The number of fused-ring (bicyclic) bond motifs is 4. The number of hydrogen-bond donors (Lipinski definition) is 1. The highest BCUT2D eigenvalue weighted by Gasteiger charge is 2.36. The van der Waals surface area contributed by atoms with Crippen LogP contribution >= 0.6 is 0 Å². The maximum atomic E-state index is 12.5. The molecule has 1 unspecified atom stereocenters. The second-order valence-corrected chi connectivity index (χ2v) is 8.71. The van der Waals surface area contributed by atoms with Gasteiger partial charge in [-0.1, -0.05) is 13.8 Å². The highest BCUT2D eigenvalue weighted by atomic mass is 16.6. The lowest BCUT2D eigenvalue weighted by molar-refractivity contribution is 0.0435. The molecular formula is C24H28N4O4. The van der Waals surface area contributed by atoms with Crippen LogP contribution < -0.4 is 14.8 Å². The SMILES string of the molecule is COc1ccc2c(c1OC)C(=O)OC2Nc1ccc2c(c1)nc1n2CCN(CC(C)C)C1. The van der Waals surface area contributed by atoms with Crippen LogP contribution in [0.1, 0.15) is 41.8 Å². The van der Waals surface area contributed by atoms with Crippen molar-refractivity contribution in [2.45, 2.75) is 33.2 Å². The maximum Gasteiger partial charge on any atom is 0.344 e. The number of hydrogen-bond acceptors (Lipinski definition) is 7. The standard InChI is InChI=1S/C24H28N4O4/c1-14(2)12-27-9-10-28-18-7-5-15(11-17(18)26-20(28)13-27)25-23-16-6-8-19(30-3)22(31-4)21(16)24(29)32-23/h5-8,11,14,23,25H,9-10,12-13H2,1-4H3. The van der Waals surface area contributed by atoms with E-state index in [9.17, 15) is 4.79 Å². The van der Waals surface area contributed by atoms with E-state index >= 15 is 0 Å². The molecule has 3 aromatic rings. The summed E-state index contributed by atoms with van der Waals surface area (Å²) in [5.74, 6) is 2.19. The van der Waals surface area contributed by atoms with Gasteiger partial charge in [-0.3, -0.25) is 4.90 Å². The first-order valence-electron chi connectivity index (χ1n) is 10.9. The normalized spacial score (nSPS) is 17.9. The maximum absolute atomic E-state index is 12.5. The molecule has 8 heteroatoms. The zero-order valence-corrected chi connectivity index (χ0v) is 18.8. The lowest BCUT2D eigenvalue weighted by Gasteiger charge is -2.29. The molecule has 2 aromatic carbocycles. The number of nitrogens with one attached hydrogen (secondary N) is 1. The van der Waals surface area contributed by atoms with Gasteiger partial charge in [0.15, 0.2) is 11.5 Å². The molecule has 0 saturated carbocycles. The minimum atomic E-state index is -0.603. The average molecular weight is 437 g/mol. The Labute approximate surface area is 187 Å². The molecule has 32 heavy (non-hydrogen) atoms. The van der Waals surface area contributed by atoms with Crippen molar-refractivity contribution in [1.29, 1.82) is 0 Å². The Balaban J connectivity index is 1.41. The van der Waals surface area contributed by atoms with Crippen molar-refractivity contribution in [2.24, 2.45) is 5.92 Å². The minimum absolute atomic E-state index is 0.391. The van der Waals surface area contributed by atoms with E-state index < -0.39 is 12.2 Å². The number of carbonyl (C=O) groups excluding carboxylic acids is 1. The molecule has 0 saturated heterocycles. The second-order valence-electron chi connectivity index (χ2n) is 8.71. The largest absolute Gasteiger partial charge is 0.493 e. The van der Waals surface area contributed by atoms with E-state index in [0.29, 0.717) is 23.0 Å². The zero-order valence-electron chi connectivity index (χ0n) is 18.8. The Bertz CT molecular complexity index is 1190. The highest BCUT2D eigenvalue weighted by Crippen LogP contribution is 2.42. The molecule has 0 spiro atoms. The summed E-state index contributed by atoms with van der Waals surface area (Å²) in [4.78, 5) is 19.9. The van der Waals surface area contributed by atoms with Crippen molar-refractivity contribution >= 4 is 22.7 Å². The minimum Gasteiger partial charge on any atom is -0.493 e. The number of ether oxygens (including phenoxy) is 3. The van der Waals surface area contributed by atoms with Crippen LogP contribution in [0.4, 0.5) is 5.69 Å². The second kappa shape index (κ2) is 8.02. The molecule has 0 bridgehead atoms. The van der Waals surface area contributed by atoms with Crippen LogP contribution in [0.2, 0.25) is 0 Å². The van der Waals surface area contributed by atoms with Gasteiger partial charge >= 0.3 is 5.97 Å². The van der Waals surface area contributed by atoms with Gasteiger partial charge in [-0.05, 0) is 36.2 Å². The summed E-state index contributed by atoms with van der Waals surface area (Å²) < 4.78 is 18.6. The number of cyclic esters (lactones) is 1. The molecule has 0 aliphatic carbocycles. The molecule has 2 aliphatic heterocycles. The van der Waals surface area contributed by atoms with Crippen LogP contribution in [0, 0.1) is 5.92 Å². The van der Waals surface area contributed by atoms with Gasteiger partial charge < -0.3 is 24.1 Å². The zero-order chi connectivity index (χ0) is 22.4. The number of methoxy groups -OCH3 is 2. The molecule has 1 atom stereocenters. The Morgan fingerprint density at radius 1 is 1.19 bits per heavy atom. The van der Waals surface area contributed by atoms with Gasteiger partial charge in [0.05, 0.1) is 31.8 Å². The van der Waals surface area contributed by atoms with Gasteiger partial charge in [-0.15, -0.1) is 0 Å². The van der Waals surface area contributed by atoms with Gasteiger partial charge in [0.1, 0.15) is 11.4 Å². The quantitative estimate of drug-likeness (QED) is 0.589. The molecule has 3 heterocycles. The summed E-state index contributed by atoms with van der Waals surface area (Å²) in [5, 5.41) is 3.32. The summed E-state index contributed by atoms with van der Waals surface area (Å²) >= 11 is 0. The van der Waals surface area contributed by atoms with Crippen LogP contribution in [-0.2, 0) is 17.8 Å². The number of carbonyl (C=O) groups is 1. The Kier molecular flexibility index (Phi) is 5.17. The summed E-state index contributed by atoms with van der Waals surface area (Å²) in [5.41, 5.74) is 4.03. The third-order valence-corrected chi connectivity index (χ3v) is 6.04. The molecule has 1 aromatic heterocycles. The van der Waals surface area contributed by atoms with Crippen molar-refractivity contribution in [3.63, 3.8) is 0 Å². The summed E-state index contributed by atoms with van der Waals surface area (Å²) in [6.07, 6.45) is -0.603. The first-order valence-corrected chi connectivity index (χ1v) is 10.9. The van der Waals surface area contributed by atoms with Gasteiger partial charge in [0.2, 0.25) is 6.23 Å². The van der Waals surface area contributed by atoms with Crippen molar-refractivity contribution < 1.29 is 19.0 Å². The van der Waals surface area contributed by atoms with Crippen molar-refractivity contribution in [3.05, 3.63) is 47.3 Å². The van der Waals surface area contributed by atoms with E-state index in [-0.39, 0.29) is 0 Å². The molecule has 0 amide bonds. The van der Waals surface area contributed by atoms with E-state index in [4.69, 9.17) is 19.2 Å². The summed E-state index contributed by atoms with van der Waals surface area (Å²) in [6, 6.07) is 9.71. The third-order valence-electron chi connectivity index (χ3n) is 6.04. The number of rotatable bonds is 6. The average Bonchev–Trinajstić information content (AvgIpc) is 3.29. The topological polar surface area (TPSA) is 77.9 Å². The summed E-state index contributed by atoms with van der Waals surface area (Å²) in [7, 11) is 3.06. The van der Waals surface area contributed by atoms with Crippen LogP contribution in [0.15, 0.2) is 30.3 Å². The van der Waals surface area contributed by atoms with E-state index in [1.807, 2.05) is 18.2 Å². The predicted molar refractivity (Wildman–Crippen MR) is 121 cm³/mol. The van der Waals surface area contributed by atoms with Crippen LogP contribution in [0.5, 0.6) is 11.5 Å². The highest BCUT2D eigenvalue weighted by molar-refractivity contribution is 5.98. The number of anilines is 1. The Morgan fingerprint density at radius 3 is 2.78 bits per heavy atom. The smallest absolute Gasteiger partial charge is 0.344 e. The van der Waals surface area contributed by atoms with Crippen molar-refractivity contribution in [2.75, 3.05) is 32.6 Å². The first kappa shape index (κ1) is 20.6. The molecule has 0 radical (unpaired) electrons. The van der Waals surface area contributed by atoms with Gasteiger partial charge in [-0.2, -0.15) is 0 Å². The molecule has 168 valence electrons. The van der Waals surface area contributed by atoms with Crippen molar-refractivity contribution in [3.8, 4) is 11.5 Å². The molecule has 2 aliphatic rings. The molecular weight excluding hydrogens is 408 g/mol. The third kappa shape index (κ3) is 3.44. The predicted octanol–water partition coefficient (Wildman–Crippen LogP) is 3.81. The fourth-order valence-electron chi connectivity index (χ4n) is 4.69.